The van der Waals surface area contributed by atoms with E-state index < -0.39 is 9.84 Å². The van der Waals surface area contributed by atoms with E-state index in [9.17, 15) is 13.2 Å². The summed E-state index contributed by atoms with van der Waals surface area (Å²) in [6.07, 6.45) is 2.15. The van der Waals surface area contributed by atoms with Gasteiger partial charge in [-0.2, -0.15) is 0 Å². The first-order valence-corrected chi connectivity index (χ1v) is 10.6. The molecule has 2 aromatic rings. The highest BCUT2D eigenvalue weighted by Gasteiger charge is 2.32. The molecule has 0 saturated carbocycles. The van der Waals surface area contributed by atoms with Gasteiger partial charge in [-0.1, -0.05) is 12.1 Å². The molecule has 27 heavy (non-hydrogen) atoms. The van der Waals surface area contributed by atoms with Crippen LogP contribution in [0.25, 0.3) is 0 Å². The van der Waals surface area contributed by atoms with Crippen LogP contribution in [-0.4, -0.2) is 50.5 Å². The molecule has 0 aliphatic carbocycles. The summed E-state index contributed by atoms with van der Waals surface area (Å²) in [6.45, 7) is 2.57. The first-order valence-electron chi connectivity index (χ1n) is 8.81. The maximum atomic E-state index is 12.7. The Morgan fingerprint density at radius 1 is 1.33 bits per heavy atom. The van der Waals surface area contributed by atoms with Crippen molar-refractivity contribution < 1.29 is 17.9 Å². The van der Waals surface area contributed by atoms with Gasteiger partial charge in [0.1, 0.15) is 11.6 Å². The van der Waals surface area contributed by atoms with E-state index in [2.05, 4.69) is 10.3 Å². The molecule has 7 nitrogen and oxygen atoms in total. The van der Waals surface area contributed by atoms with Crippen LogP contribution < -0.4 is 15.0 Å². The number of sulfone groups is 1. The number of methoxy groups -OCH3 is 1. The van der Waals surface area contributed by atoms with Crippen LogP contribution in [0.2, 0.25) is 0 Å². The Morgan fingerprint density at radius 3 is 2.78 bits per heavy atom. The number of carbonyl (C=O) groups is 1. The summed E-state index contributed by atoms with van der Waals surface area (Å²) in [5.41, 5.74) is 1.03. The standard InChI is InChI=1S/C19H23N3O4S/c1-3-22(15-9-11-27(24,25)13-15)18-12-14(8-10-20-18)19(23)21-16-6-4-5-7-17(16)26-2/h4-8,10,12,15H,3,9,11,13H2,1-2H3,(H,21,23). The number of amides is 1. The number of hydrogen-bond acceptors (Lipinski definition) is 6. The van der Waals surface area contributed by atoms with Crippen LogP contribution in [0.3, 0.4) is 0 Å². The van der Waals surface area contributed by atoms with Crippen molar-refractivity contribution in [3.05, 3.63) is 48.2 Å². The van der Waals surface area contributed by atoms with E-state index in [1.807, 2.05) is 24.0 Å². The fourth-order valence-corrected chi connectivity index (χ4v) is 5.02. The van der Waals surface area contributed by atoms with Gasteiger partial charge in [0.25, 0.3) is 5.91 Å². The van der Waals surface area contributed by atoms with Crippen molar-refractivity contribution in [2.75, 3.05) is 35.4 Å². The number of hydrogen-bond donors (Lipinski definition) is 1. The van der Waals surface area contributed by atoms with Crippen LogP contribution >= 0.6 is 0 Å². The van der Waals surface area contributed by atoms with Crippen molar-refractivity contribution in [1.29, 1.82) is 0 Å². The molecule has 8 heteroatoms. The number of rotatable bonds is 6. The van der Waals surface area contributed by atoms with E-state index in [1.165, 1.54) is 0 Å². The van der Waals surface area contributed by atoms with Gasteiger partial charge in [-0.25, -0.2) is 13.4 Å². The molecule has 1 aromatic carbocycles. The van der Waals surface area contributed by atoms with Crippen molar-refractivity contribution in [3.8, 4) is 5.75 Å². The van der Waals surface area contributed by atoms with Gasteiger partial charge in [-0.15, -0.1) is 0 Å². The molecule has 1 aliphatic heterocycles. The maximum absolute atomic E-state index is 12.7. The summed E-state index contributed by atoms with van der Waals surface area (Å²) in [5.74, 6) is 1.22. The summed E-state index contributed by atoms with van der Waals surface area (Å²) in [4.78, 5) is 19.0. The summed E-state index contributed by atoms with van der Waals surface area (Å²) >= 11 is 0. The zero-order chi connectivity index (χ0) is 19.4. The molecule has 2 heterocycles. The van der Waals surface area contributed by atoms with E-state index >= 15 is 0 Å². The smallest absolute Gasteiger partial charge is 0.255 e. The van der Waals surface area contributed by atoms with Crippen molar-refractivity contribution >= 4 is 27.2 Å². The number of carbonyl (C=O) groups excluding carboxylic acids is 1. The SMILES string of the molecule is CCN(c1cc(C(=O)Nc2ccccc2OC)ccn1)C1CCS(=O)(=O)C1. The van der Waals surface area contributed by atoms with Crippen LogP contribution in [-0.2, 0) is 9.84 Å². The second-order valence-electron chi connectivity index (χ2n) is 6.40. The van der Waals surface area contributed by atoms with Crippen LogP contribution in [0, 0.1) is 0 Å². The van der Waals surface area contributed by atoms with Gasteiger partial charge in [0, 0.05) is 24.3 Å². The number of pyridine rings is 1. The average Bonchev–Trinajstić information content (AvgIpc) is 3.02. The minimum absolute atomic E-state index is 0.111. The van der Waals surface area contributed by atoms with Gasteiger partial charge < -0.3 is 15.0 Å². The third-order valence-corrected chi connectivity index (χ3v) is 6.40. The maximum Gasteiger partial charge on any atom is 0.255 e. The van der Waals surface area contributed by atoms with Crippen molar-refractivity contribution in [1.82, 2.24) is 4.98 Å². The minimum atomic E-state index is -3.00. The lowest BCUT2D eigenvalue weighted by Crippen LogP contribution is -2.36. The molecule has 1 saturated heterocycles. The van der Waals surface area contributed by atoms with Gasteiger partial charge in [-0.05, 0) is 37.6 Å². The van der Waals surface area contributed by atoms with E-state index in [1.54, 1.807) is 37.6 Å². The van der Waals surface area contributed by atoms with Gasteiger partial charge in [0.2, 0.25) is 0 Å². The Hall–Kier alpha value is -2.61. The second kappa shape index (κ2) is 7.96. The number of ether oxygens (including phenoxy) is 1. The van der Waals surface area contributed by atoms with Gasteiger partial charge in [0.05, 0.1) is 24.3 Å². The summed E-state index contributed by atoms with van der Waals surface area (Å²) in [6, 6.07) is 10.4. The molecule has 1 aliphatic rings. The molecular weight excluding hydrogens is 366 g/mol. The van der Waals surface area contributed by atoms with Crippen LogP contribution in [0.15, 0.2) is 42.6 Å². The highest BCUT2D eigenvalue weighted by Crippen LogP contribution is 2.26. The highest BCUT2D eigenvalue weighted by molar-refractivity contribution is 7.91. The molecule has 0 bridgehead atoms. The zero-order valence-electron chi connectivity index (χ0n) is 15.4. The summed E-state index contributed by atoms with van der Waals surface area (Å²) < 4.78 is 28.9. The average molecular weight is 389 g/mol. The normalized spacial score (nSPS) is 18.1. The Balaban J connectivity index is 1.81. The fourth-order valence-electron chi connectivity index (χ4n) is 3.29. The largest absolute Gasteiger partial charge is 0.495 e. The third kappa shape index (κ3) is 4.39. The molecule has 144 valence electrons. The number of para-hydroxylation sites is 2. The topological polar surface area (TPSA) is 88.6 Å². The Morgan fingerprint density at radius 2 is 2.11 bits per heavy atom. The predicted octanol–water partition coefficient (Wildman–Crippen LogP) is 2.36. The monoisotopic (exact) mass is 389 g/mol. The van der Waals surface area contributed by atoms with Gasteiger partial charge in [-0.3, -0.25) is 4.79 Å². The molecule has 1 unspecified atom stereocenters. The number of anilines is 2. The van der Waals surface area contributed by atoms with Gasteiger partial charge in [0.15, 0.2) is 9.84 Å². The Kier molecular flexibility index (Phi) is 5.65. The molecule has 1 amide bonds. The molecule has 3 rings (SSSR count). The zero-order valence-corrected chi connectivity index (χ0v) is 16.2. The lowest BCUT2D eigenvalue weighted by Gasteiger charge is -2.28. The highest BCUT2D eigenvalue weighted by atomic mass is 32.2. The van der Waals surface area contributed by atoms with E-state index in [-0.39, 0.29) is 23.5 Å². The van der Waals surface area contributed by atoms with Crippen molar-refractivity contribution in [2.24, 2.45) is 0 Å². The molecular formula is C19H23N3O4S. The number of nitrogens with zero attached hydrogens (tertiary/aromatic N) is 2. The molecule has 0 radical (unpaired) electrons. The van der Waals surface area contributed by atoms with Crippen LogP contribution in [0.4, 0.5) is 11.5 Å². The Bertz CT molecular complexity index is 930. The third-order valence-electron chi connectivity index (χ3n) is 4.65. The fraction of sp³-hybridized carbons (Fsp3) is 0.368. The first-order chi connectivity index (χ1) is 12.9. The number of aromatic nitrogens is 1. The Labute approximate surface area is 159 Å². The summed E-state index contributed by atoms with van der Waals surface area (Å²) in [7, 11) is -1.45. The van der Waals surface area contributed by atoms with Crippen LogP contribution in [0.1, 0.15) is 23.7 Å². The molecule has 1 aromatic heterocycles. The van der Waals surface area contributed by atoms with E-state index in [0.717, 1.165) is 0 Å². The molecule has 1 N–H and O–H groups in total. The lowest BCUT2D eigenvalue weighted by atomic mass is 10.2. The van der Waals surface area contributed by atoms with Crippen LogP contribution in [0.5, 0.6) is 5.75 Å². The molecule has 0 spiro atoms. The molecule has 1 fully saturated rings. The minimum Gasteiger partial charge on any atom is -0.495 e. The van der Waals surface area contributed by atoms with Gasteiger partial charge >= 0.3 is 0 Å². The molecule has 1 atom stereocenters. The van der Waals surface area contributed by atoms with E-state index in [0.29, 0.717) is 35.8 Å². The number of nitrogens with one attached hydrogen (secondary N) is 1. The predicted molar refractivity (Wildman–Crippen MR) is 105 cm³/mol. The summed E-state index contributed by atoms with van der Waals surface area (Å²) in [5, 5.41) is 2.84. The lowest BCUT2D eigenvalue weighted by molar-refractivity contribution is 0.102. The quantitative estimate of drug-likeness (QED) is 0.816. The first kappa shape index (κ1) is 19.2. The van der Waals surface area contributed by atoms with Crippen molar-refractivity contribution in [2.45, 2.75) is 19.4 Å². The number of benzene rings is 1. The second-order valence-corrected chi connectivity index (χ2v) is 8.63. The van der Waals surface area contributed by atoms with Crippen molar-refractivity contribution in [3.63, 3.8) is 0 Å². The van der Waals surface area contributed by atoms with E-state index in [4.69, 9.17) is 4.74 Å².